The van der Waals surface area contributed by atoms with Crippen molar-refractivity contribution >= 4 is 10.9 Å². The van der Waals surface area contributed by atoms with Gasteiger partial charge in [0.05, 0.1) is 0 Å². The highest BCUT2D eigenvalue weighted by molar-refractivity contribution is 5.83. The summed E-state index contributed by atoms with van der Waals surface area (Å²) in [6.45, 7) is 6.67. The maximum Gasteiger partial charge on any atom is 0.0483 e. The number of aromatic nitrogens is 1. The van der Waals surface area contributed by atoms with Gasteiger partial charge in [-0.2, -0.15) is 0 Å². The Balaban J connectivity index is 2.32. The fourth-order valence-electron chi connectivity index (χ4n) is 2.73. The zero-order valence-corrected chi connectivity index (χ0v) is 11.7. The summed E-state index contributed by atoms with van der Waals surface area (Å²) in [6, 6.07) is 8.71. The molecule has 1 aromatic heterocycles. The Morgan fingerprint density at radius 1 is 1.28 bits per heavy atom. The number of hydrogen-bond donors (Lipinski definition) is 1. The molecule has 0 spiro atoms. The molecular formula is C16H24N2. The number of rotatable bonds is 6. The summed E-state index contributed by atoms with van der Waals surface area (Å²) in [6.07, 6.45) is 4.88. The summed E-state index contributed by atoms with van der Waals surface area (Å²) in [7, 11) is 2.01. The van der Waals surface area contributed by atoms with Gasteiger partial charge in [-0.05, 0) is 31.0 Å². The molecule has 0 radical (unpaired) electrons. The second-order valence-corrected chi connectivity index (χ2v) is 5.25. The van der Waals surface area contributed by atoms with Gasteiger partial charge in [-0.25, -0.2) is 0 Å². The van der Waals surface area contributed by atoms with Crippen LogP contribution < -0.4 is 5.32 Å². The predicted octanol–water partition coefficient (Wildman–Crippen LogP) is 3.80. The number of para-hydroxylation sites is 1. The van der Waals surface area contributed by atoms with Crippen molar-refractivity contribution in [2.45, 2.75) is 39.8 Å². The van der Waals surface area contributed by atoms with Gasteiger partial charge in [0.25, 0.3) is 0 Å². The summed E-state index contributed by atoms with van der Waals surface area (Å²) in [5, 5.41) is 4.64. The minimum atomic E-state index is 0.744. The summed E-state index contributed by atoms with van der Waals surface area (Å²) in [4.78, 5) is 0. The minimum Gasteiger partial charge on any atom is -0.347 e. The molecule has 2 nitrogen and oxygen atoms in total. The number of nitrogens with one attached hydrogen (secondary N) is 1. The Bertz CT molecular complexity index is 499. The highest BCUT2D eigenvalue weighted by atomic mass is 15.0. The van der Waals surface area contributed by atoms with E-state index in [-0.39, 0.29) is 0 Å². The minimum absolute atomic E-state index is 0.744. The lowest BCUT2D eigenvalue weighted by molar-refractivity contribution is 0.453. The van der Waals surface area contributed by atoms with Gasteiger partial charge in [0.2, 0.25) is 0 Å². The second-order valence-electron chi connectivity index (χ2n) is 5.25. The molecule has 1 unspecified atom stereocenters. The zero-order chi connectivity index (χ0) is 13.0. The normalized spacial score (nSPS) is 13.1. The molecule has 2 rings (SSSR count). The quantitative estimate of drug-likeness (QED) is 0.818. The first-order valence-electron chi connectivity index (χ1n) is 6.97. The molecule has 0 saturated carbocycles. The van der Waals surface area contributed by atoms with Gasteiger partial charge in [0, 0.05) is 30.2 Å². The average Bonchev–Trinajstić information content (AvgIpc) is 2.69. The lowest BCUT2D eigenvalue weighted by atomic mass is 10.1. The smallest absolute Gasteiger partial charge is 0.0483 e. The van der Waals surface area contributed by atoms with Crippen LogP contribution in [-0.4, -0.2) is 11.6 Å². The molecule has 1 atom stereocenters. The number of fused-ring (bicyclic) bond motifs is 1. The monoisotopic (exact) mass is 244 g/mol. The number of hydrogen-bond acceptors (Lipinski definition) is 1. The molecule has 0 aliphatic heterocycles. The zero-order valence-electron chi connectivity index (χ0n) is 11.7. The molecule has 2 aromatic rings. The first-order valence-corrected chi connectivity index (χ1v) is 6.97. The Labute approximate surface area is 110 Å². The number of nitrogens with zero attached hydrogens (tertiary/aromatic N) is 1. The van der Waals surface area contributed by atoms with Crippen LogP contribution in [0.2, 0.25) is 0 Å². The molecule has 0 fully saturated rings. The van der Waals surface area contributed by atoms with Crippen LogP contribution in [0.15, 0.2) is 30.5 Å². The van der Waals surface area contributed by atoms with Crippen LogP contribution >= 0.6 is 0 Å². The molecule has 0 bridgehead atoms. The molecule has 1 aromatic carbocycles. The summed E-state index contributed by atoms with van der Waals surface area (Å²) >= 11 is 0. The molecule has 1 heterocycles. The SMILES string of the molecule is CCCC(C)Cn1cc(CNC)c2ccccc21. The fourth-order valence-corrected chi connectivity index (χ4v) is 2.73. The summed E-state index contributed by atoms with van der Waals surface area (Å²) in [5.74, 6) is 0.744. The van der Waals surface area contributed by atoms with Gasteiger partial charge in [0.15, 0.2) is 0 Å². The topological polar surface area (TPSA) is 17.0 Å². The second kappa shape index (κ2) is 6.05. The van der Waals surface area contributed by atoms with Crippen molar-refractivity contribution in [1.82, 2.24) is 9.88 Å². The Morgan fingerprint density at radius 2 is 2.06 bits per heavy atom. The van der Waals surface area contributed by atoms with Crippen LogP contribution in [0.1, 0.15) is 32.3 Å². The van der Waals surface area contributed by atoms with E-state index in [1.807, 2.05) is 7.05 Å². The van der Waals surface area contributed by atoms with E-state index in [0.29, 0.717) is 0 Å². The van der Waals surface area contributed by atoms with Crippen molar-refractivity contribution in [3.05, 3.63) is 36.0 Å². The Kier molecular flexibility index (Phi) is 4.43. The van der Waals surface area contributed by atoms with Crippen molar-refractivity contribution in [3.63, 3.8) is 0 Å². The molecule has 0 amide bonds. The maximum atomic E-state index is 3.25. The van der Waals surface area contributed by atoms with E-state index in [1.165, 1.54) is 29.3 Å². The highest BCUT2D eigenvalue weighted by Crippen LogP contribution is 2.23. The summed E-state index contributed by atoms with van der Waals surface area (Å²) in [5.41, 5.74) is 2.77. The highest BCUT2D eigenvalue weighted by Gasteiger charge is 2.09. The molecule has 0 saturated heterocycles. The average molecular weight is 244 g/mol. The first kappa shape index (κ1) is 13.2. The van der Waals surface area contributed by atoms with E-state index >= 15 is 0 Å². The van der Waals surface area contributed by atoms with Gasteiger partial charge in [-0.3, -0.25) is 0 Å². The van der Waals surface area contributed by atoms with Crippen molar-refractivity contribution < 1.29 is 0 Å². The van der Waals surface area contributed by atoms with E-state index in [0.717, 1.165) is 19.0 Å². The molecule has 0 aliphatic rings. The van der Waals surface area contributed by atoms with E-state index in [9.17, 15) is 0 Å². The van der Waals surface area contributed by atoms with Crippen molar-refractivity contribution in [3.8, 4) is 0 Å². The van der Waals surface area contributed by atoms with Gasteiger partial charge >= 0.3 is 0 Å². The van der Waals surface area contributed by atoms with Gasteiger partial charge in [0.1, 0.15) is 0 Å². The third-order valence-electron chi connectivity index (χ3n) is 3.53. The van der Waals surface area contributed by atoms with E-state index in [1.54, 1.807) is 0 Å². The lowest BCUT2D eigenvalue weighted by Crippen LogP contribution is -2.07. The largest absolute Gasteiger partial charge is 0.347 e. The first-order chi connectivity index (χ1) is 8.76. The van der Waals surface area contributed by atoms with Crippen LogP contribution in [0, 0.1) is 5.92 Å². The van der Waals surface area contributed by atoms with Crippen LogP contribution in [0.4, 0.5) is 0 Å². The molecule has 98 valence electrons. The van der Waals surface area contributed by atoms with Crippen molar-refractivity contribution in [2.24, 2.45) is 5.92 Å². The Hall–Kier alpha value is -1.28. The molecule has 1 N–H and O–H groups in total. The van der Waals surface area contributed by atoms with Gasteiger partial charge in [-0.1, -0.05) is 38.5 Å². The third-order valence-corrected chi connectivity index (χ3v) is 3.53. The maximum absolute atomic E-state index is 3.25. The molecule has 18 heavy (non-hydrogen) atoms. The number of benzene rings is 1. The van der Waals surface area contributed by atoms with Crippen LogP contribution in [0.3, 0.4) is 0 Å². The van der Waals surface area contributed by atoms with Crippen molar-refractivity contribution in [1.29, 1.82) is 0 Å². The molecule has 0 aliphatic carbocycles. The van der Waals surface area contributed by atoms with Crippen LogP contribution in [0.5, 0.6) is 0 Å². The van der Waals surface area contributed by atoms with Crippen LogP contribution in [-0.2, 0) is 13.1 Å². The van der Waals surface area contributed by atoms with Gasteiger partial charge in [-0.15, -0.1) is 0 Å². The van der Waals surface area contributed by atoms with E-state index in [2.05, 4.69) is 54.2 Å². The van der Waals surface area contributed by atoms with Crippen molar-refractivity contribution in [2.75, 3.05) is 7.05 Å². The summed E-state index contributed by atoms with van der Waals surface area (Å²) < 4.78 is 2.42. The molecule has 2 heteroatoms. The standard InChI is InChI=1S/C16H24N2/c1-4-7-13(2)11-18-12-14(10-17-3)15-8-5-6-9-16(15)18/h5-6,8-9,12-13,17H,4,7,10-11H2,1-3H3. The van der Waals surface area contributed by atoms with Crippen LogP contribution in [0.25, 0.3) is 10.9 Å². The molecular weight excluding hydrogens is 220 g/mol. The third kappa shape index (κ3) is 2.75. The van der Waals surface area contributed by atoms with Gasteiger partial charge < -0.3 is 9.88 Å². The van der Waals surface area contributed by atoms with E-state index in [4.69, 9.17) is 0 Å². The fraction of sp³-hybridized carbons (Fsp3) is 0.500. The Morgan fingerprint density at radius 3 is 2.78 bits per heavy atom. The predicted molar refractivity (Wildman–Crippen MR) is 78.8 cm³/mol. The lowest BCUT2D eigenvalue weighted by Gasteiger charge is -2.12. The van der Waals surface area contributed by atoms with E-state index < -0.39 is 0 Å².